The highest BCUT2D eigenvalue weighted by Crippen LogP contribution is 2.47. The molecular formula is C26H26NO+. The van der Waals surface area contributed by atoms with E-state index in [-0.39, 0.29) is 5.41 Å². The van der Waals surface area contributed by atoms with Crippen molar-refractivity contribution in [1.82, 2.24) is 0 Å². The lowest BCUT2D eigenvalue weighted by Gasteiger charge is -2.23. The molecule has 1 aliphatic heterocycles. The van der Waals surface area contributed by atoms with E-state index in [1.807, 2.05) is 0 Å². The van der Waals surface area contributed by atoms with Gasteiger partial charge in [-0.2, -0.15) is 4.57 Å². The number of nitrogens with zero attached hydrogens (tertiary/aromatic N) is 1. The van der Waals surface area contributed by atoms with Gasteiger partial charge in [-0.3, -0.25) is 0 Å². The van der Waals surface area contributed by atoms with Crippen molar-refractivity contribution in [3.8, 4) is 22.8 Å². The molecule has 1 aliphatic rings. The molecule has 0 saturated carbocycles. The van der Waals surface area contributed by atoms with Crippen LogP contribution in [0.3, 0.4) is 0 Å². The van der Waals surface area contributed by atoms with Crippen molar-refractivity contribution in [2.24, 2.45) is 12.5 Å². The standard InChI is InChI=1S/C26H26NO/c1-16-12-13-17-8-7-11-21-24(17)23(16)25-22(28-21)14-19-18(15-26(2,3)4)9-6-10-20(19)27(25)5/h6-14H,15H2,1-5H3/q+1. The third-order valence-electron chi connectivity index (χ3n) is 5.77. The largest absolute Gasteiger partial charge is 0.450 e. The average molecular weight is 369 g/mol. The Balaban J connectivity index is 1.87. The van der Waals surface area contributed by atoms with E-state index in [1.165, 1.54) is 44.1 Å². The van der Waals surface area contributed by atoms with Gasteiger partial charge in [0.25, 0.3) is 5.69 Å². The Kier molecular flexibility index (Phi) is 3.58. The number of hydrogen-bond donors (Lipinski definition) is 0. The second-order valence-corrected chi connectivity index (χ2v) is 9.22. The lowest BCUT2D eigenvalue weighted by molar-refractivity contribution is -0.633. The molecule has 1 aromatic heterocycles. The van der Waals surface area contributed by atoms with Gasteiger partial charge in [0.2, 0.25) is 5.52 Å². The topological polar surface area (TPSA) is 13.1 Å². The molecule has 0 aliphatic carbocycles. The fourth-order valence-electron chi connectivity index (χ4n) is 4.60. The first kappa shape index (κ1) is 17.2. The van der Waals surface area contributed by atoms with Crippen LogP contribution in [0.5, 0.6) is 11.5 Å². The molecule has 0 N–H and O–H groups in total. The smallest absolute Gasteiger partial charge is 0.256 e. The molecule has 140 valence electrons. The molecule has 0 spiro atoms. The third-order valence-corrected chi connectivity index (χ3v) is 5.77. The van der Waals surface area contributed by atoms with Crippen molar-refractivity contribution < 1.29 is 9.30 Å². The molecule has 2 heteroatoms. The van der Waals surface area contributed by atoms with E-state index in [0.717, 1.165) is 17.9 Å². The van der Waals surface area contributed by atoms with Gasteiger partial charge in [-0.05, 0) is 41.3 Å². The highest BCUT2D eigenvalue weighted by molar-refractivity contribution is 6.04. The van der Waals surface area contributed by atoms with Crippen LogP contribution in [-0.2, 0) is 13.5 Å². The van der Waals surface area contributed by atoms with Crippen molar-refractivity contribution in [2.45, 2.75) is 34.1 Å². The van der Waals surface area contributed by atoms with E-state index in [0.29, 0.717) is 0 Å². The van der Waals surface area contributed by atoms with Gasteiger partial charge < -0.3 is 4.74 Å². The van der Waals surface area contributed by atoms with Crippen LogP contribution in [0, 0.1) is 12.3 Å². The Bertz CT molecular complexity index is 1260. The summed E-state index contributed by atoms with van der Waals surface area (Å²) < 4.78 is 8.77. The first-order valence-electron chi connectivity index (χ1n) is 9.99. The van der Waals surface area contributed by atoms with E-state index >= 15 is 0 Å². The van der Waals surface area contributed by atoms with Crippen LogP contribution < -0.4 is 9.30 Å². The molecular weight excluding hydrogens is 342 g/mol. The monoisotopic (exact) mass is 368 g/mol. The van der Waals surface area contributed by atoms with Crippen LogP contribution in [0.1, 0.15) is 31.9 Å². The van der Waals surface area contributed by atoms with Gasteiger partial charge >= 0.3 is 0 Å². The molecule has 2 nitrogen and oxygen atoms in total. The van der Waals surface area contributed by atoms with Crippen LogP contribution in [-0.4, -0.2) is 0 Å². The zero-order valence-corrected chi connectivity index (χ0v) is 17.3. The Morgan fingerprint density at radius 3 is 2.50 bits per heavy atom. The van der Waals surface area contributed by atoms with Gasteiger partial charge in [-0.25, -0.2) is 0 Å². The Morgan fingerprint density at radius 2 is 1.71 bits per heavy atom. The number of aromatic nitrogens is 1. The van der Waals surface area contributed by atoms with Crippen molar-refractivity contribution in [2.75, 3.05) is 0 Å². The van der Waals surface area contributed by atoms with Crippen LogP contribution in [0.2, 0.25) is 0 Å². The fraction of sp³-hybridized carbons (Fsp3) is 0.269. The first-order chi connectivity index (χ1) is 13.3. The van der Waals surface area contributed by atoms with Gasteiger partial charge in [0.15, 0.2) is 5.75 Å². The summed E-state index contributed by atoms with van der Waals surface area (Å²) in [6, 6.07) is 19.6. The number of rotatable bonds is 1. The van der Waals surface area contributed by atoms with E-state index in [2.05, 4.69) is 93.9 Å². The highest BCUT2D eigenvalue weighted by atomic mass is 16.5. The minimum absolute atomic E-state index is 0.235. The lowest BCUT2D eigenvalue weighted by atomic mass is 9.86. The maximum atomic E-state index is 6.46. The van der Waals surface area contributed by atoms with Gasteiger partial charge in [-0.1, -0.05) is 57.2 Å². The molecule has 5 rings (SSSR count). The zero-order valence-electron chi connectivity index (χ0n) is 17.3. The maximum absolute atomic E-state index is 6.46. The molecule has 4 aromatic rings. The van der Waals surface area contributed by atoms with E-state index < -0.39 is 0 Å². The van der Waals surface area contributed by atoms with Gasteiger partial charge in [-0.15, -0.1) is 0 Å². The molecule has 0 radical (unpaired) electrons. The quantitative estimate of drug-likeness (QED) is 0.308. The number of pyridine rings is 1. The van der Waals surface area contributed by atoms with Crippen LogP contribution in [0.15, 0.2) is 54.6 Å². The van der Waals surface area contributed by atoms with Crippen LogP contribution in [0.25, 0.3) is 32.9 Å². The minimum Gasteiger partial charge on any atom is -0.450 e. The number of aryl methyl sites for hydroxylation is 2. The molecule has 3 aromatic carbocycles. The molecule has 2 heterocycles. The van der Waals surface area contributed by atoms with Gasteiger partial charge in [0.1, 0.15) is 12.8 Å². The van der Waals surface area contributed by atoms with Crippen molar-refractivity contribution in [3.05, 3.63) is 65.7 Å². The Hall–Kier alpha value is -2.87. The summed E-state index contributed by atoms with van der Waals surface area (Å²) in [7, 11) is 2.16. The third kappa shape index (κ3) is 2.51. The summed E-state index contributed by atoms with van der Waals surface area (Å²) in [5.41, 5.74) is 6.60. The minimum atomic E-state index is 0.235. The number of hydrogen-bond acceptors (Lipinski definition) is 1. The second-order valence-electron chi connectivity index (χ2n) is 9.22. The van der Waals surface area contributed by atoms with Crippen molar-refractivity contribution >= 4 is 21.7 Å². The summed E-state index contributed by atoms with van der Waals surface area (Å²) in [5.74, 6) is 1.90. The van der Waals surface area contributed by atoms with E-state index in [1.54, 1.807) is 0 Å². The van der Waals surface area contributed by atoms with E-state index in [4.69, 9.17) is 4.74 Å². The summed E-state index contributed by atoms with van der Waals surface area (Å²) in [6.07, 6.45) is 1.04. The molecule has 0 amide bonds. The van der Waals surface area contributed by atoms with Crippen molar-refractivity contribution in [3.63, 3.8) is 0 Å². The first-order valence-corrected chi connectivity index (χ1v) is 9.99. The average Bonchev–Trinajstić information content (AvgIpc) is 2.63. The molecule has 0 saturated heterocycles. The van der Waals surface area contributed by atoms with Gasteiger partial charge in [0.05, 0.1) is 10.9 Å². The predicted molar refractivity (Wildman–Crippen MR) is 116 cm³/mol. The lowest BCUT2D eigenvalue weighted by Crippen LogP contribution is -2.34. The number of benzene rings is 3. The Morgan fingerprint density at radius 1 is 0.929 bits per heavy atom. The van der Waals surface area contributed by atoms with Crippen LogP contribution >= 0.6 is 0 Å². The fourth-order valence-corrected chi connectivity index (χ4v) is 4.60. The maximum Gasteiger partial charge on any atom is 0.256 e. The normalized spacial score (nSPS) is 12.9. The van der Waals surface area contributed by atoms with Crippen LogP contribution in [0.4, 0.5) is 0 Å². The second kappa shape index (κ2) is 5.81. The molecule has 0 atom stereocenters. The van der Waals surface area contributed by atoms with E-state index in [9.17, 15) is 0 Å². The predicted octanol–water partition coefficient (Wildman–Crippen LogP) is 6.49. The number of fused-ring (bicyclic) bond motifs is 3. The molecule has 0 unspecified atom stereocenters. The SMILES string of the molecule is Cc1ccc2cccc3c2c1-c1c(cc2c(CC(C)(C)C)cccc2[n+]1C)O3. The summed E-state index contributed by atoms with van der Waals surface area (Å²) >= 11 is 0. The summed E-state index contributed by atoms with van der Waals surface area (Å²) in [5, 5.41) is 3.73. The summed E-state index contributed by atoms with van der Waals surface area (Å²) in [6.45, 7) is 9.07. The molecule has 28 heavy (non-hydrogen) atoms. The Labute approximate surface area is 166 Å². The number of ether oxygens (including phenoxy) is 1. The van der Waals surface area contributed by atoms with Gasteiger partial charge in [0, 0.05) is 17.5 Å². The summed E-state index contributed by atoms with van der Waals surface area (Å²) in [4.78, 5) is 0. The molecule has 0 fully saturated rings. The molecule has 0 bridgehead atoms. The highest BCUT2D eigenvalue weighted by Gasteiger charge is 2.31. The zero-order chi connectivity index (χ0) is 19.6. The van der Waals surface area contributed by atoms with Crippen molar-refractivity contribution in [1.29, 1.82) is 0 Å².